The first kappa shape index (κ1) is 19.7. The zero-order valence-corrected chi connectivity index (χ0v) is 16.3. The zero-order valence-electron chi connectivity index (χ0n) is 14.8. The van der Waals surface area contributed by atoms with Crippen molar-refractivity contribution in [3.05, 3.63) is 83.4 Å². The summed E-state index contributed by atoms with van der Waals surface area (Å²) in [5.74, 6) is 0.567. The summed E-state index contributed by atoms with van der Waals surface area (Å²) < 4.78 is 38.1. The van der Waals surface area contributed by atoms with E-state index in [4.69, 9.17) is 16.3 Å². The molecule has 0 unspecified atom stereocenters. The summed E-state index contributed by atoms with van der Waals surface area (Å²) in [6.45, 7) is 0. The lowest BCUT2D eigenvalue weighted by Gasteiger charge is -2.11. The van der Waals surface area contributed by atoms with E-state index in [1.165, 1.54) is 25.3 Å². The Hall–Kier alpha value is -3.03. The van der Waals surface area contributed by atoms with Crippen LogP contribution < -0.4 is 9.46 Å². The van der Waals surface area contributed by atoms with Gasteiger partial charge in [0, 0.05) is 5.69 Å². The van der Waals surface area contributed by atoms with Crippen molar-refractivity contribution >= 4 is 33.3 Å². The number of benzene rings is 3. The van der Waals surface area contributed by atoms with Gasteiger partial charge in [-0.3, -0.25) is 4.72 Å². The second-order valence-electron chi connectivity index (χ2n) is 5.68. The Bertz CT molecular complexity index is 1080. The second kappa shape index (κ2) is 8.33. The first-order valence-electron chi connectivity index (χ1n) is 8.13. The minimum atomic E-state index is -4.01. The van der Waals surface area contributed by atoms with E-state index in [2.05, 4.69) is 9.46 Å². The van der Waals surface area contributed by atoms with E-state index < -0.39 is 16.0 Å². The molecule has 6 nitrogen and oxygen atoms in total. The molecular weight excluding hydrogens is 402 g/mol. The van der Waals surface area contributed by atoms with Crippen LogP contribution in [0, 0.1) is 0 Å². The van der Waals surface area contributed by atoms with Crippen LogP contribution in [0.4, 0.5) is 5.69 Å². The number of esters is 1. The van der Waals surface area contributed by atoms with E-state index in [0.717, 1.165) is 0 Å². The number of para-hydroxylation sites is 1. The molecule has 0 spiro atoms. The number of halogens is 1. The lowest BCUT2D eigenvalue weighted by Crippen LogP contribution is -2.14. The minimum Gasteiger partial charge on any atom is -0.465 e. The average Bonchev–Trinajstić information content (AvgIpc) is 2.69. The SMILES string of the molecule is COC(=O)c1ccc(Cl)c(S(=O)(=O)Nc2ccc(Oc3ccccc3)cc2)c1. The maximum absolute atomic E-state index is 12.7. The Kier molecular flexibility index (Phi) is 5.87. The van der Waals surface area contributed by atoms with Crippen molar-refractivity contribution < 1.29 is 22.7 Å². The molecule has 0 aliphatic heterocycles. The molecule has 0 saturated heterocycles. The molecule has 144 valence electrons. The summed E-state index contributed by atoms with van der Waals surface area (Å²) >= 11 is 6.02. The fourth-order valence-electron chi connectivity index (χ4n) is 2.38. The van der Waals surface area contributed by atoms with Gasteiger partial charge in [0.15, 0.2) is 0 Å². The van der Waals surface area contributed by atoms with Gasteiger partial charge in [0.2, 0.25) is 0 Å². The summed E-state index contributed by atoms with van der Waals surface area (Å²) in [5.41, 5.74) is 0.402. The van der Waals surface area contributed by atoms with Gasteiger partial charge in [-0.25, -0.2) is 13.2 Å². The van der Waals surface area contributed by atoms with Gasteiger partial charge in [0.05, 0.1) is 17.7 Å². The predicted octanol–water partition coefficient (Wildman–Crippen LogP) is 4.72. The van der Waals surface area contributed by atoms with Gasteiger partial charge in [0.1, 0.15) is 16.4 Å². The van der Waals surface area contributed by atoms with Crippen molar-refractivity contribution in [2.24, 2.45) is 0 Å². The van der Waals surface area contributed by atoms with Crippen LogP contribution in [0.3, 0.4) is 0 Å². The lowest BCUT2D eigenvalue weighted by atomic mass is 10.2. The van der Waals surface area contributed by atoms with Crippen molar-refractivity contribution in [2.45, 2.75) is 4.90 Å². The fourth-order valence-corrected chi connectivity index (χ4v) is 3.97. The highest BCUT2D eigenvalue weighted by Crippen LogP contribution is 2.27. The quantitative estimate of drug-likeness (QED) is 0.587. The summed E-state index contributed by atoms with van der Waals surface area (Å²) in [5, 5.41) is -0.0100. The molecule has 0 aliphatic carbocycles. The number of ether oxygens (including phenoxy) is 2. The molecule has 0 amide bonds. The van der Waals surface area contributed by atoms with Crippen LogP contribution in [0.2, 0.25) is 5.02 Å². The molecule has 8 heteroatoms. The molecule has 3 aromatic rings. The number of methoxy groups -OCH3 is 1. The normalized spacial score (nSPS) is 10.9. The number of carbonyl (C=O) groups excluding carboxylic acids is 1. The molecule has 0 aromatic heterocycles. The van der Waals surface area contributed by atoms with Gasteiger partial charge in [0.25, 0.3) is 10.0 Å². The molecule has 0 atom stereocenters. The van der Waals surface area contributed by atoms with Crippen molar-refractivity contribution in [3.63, 3.8) is 0 Å². The predicted molar refractivity (Wildman–Crippen MR) is 107 cm³/mol. The number of hydrogen-bond donors (Lipinski definition) is 1. The first-order chi connectivity index (χ1) is 13.4. The summed E-state index contributed by atoms with van der Waals surface area (Å²) in [4.78, 5) is 11.4. The van der Waals surface area contributed by atoms with Gasteiger partial charge < -0.3 is 9.47 Å². The standard InChI is InChI=1S/C20H16ClNO5S/c1-26-20(23)14-7-12-18(21)19(13-14)28(24,25)22-15-8-10-17(11-9-15)27-16-5-3-2-4-6-16/h2-13,22H,1H3. The molecule has 1 N–H and O–H groups in total. The van der Waals surface area contributed by atoms with Crippen LogP contribution in [-0.4, -0.2) is 21.5 Å². The van der Waals surface area contributed by atoms with E-state index in [1.807, 2.05) is 30.3 Å². The number of hydrogen-bond acceptors (Lipinski definition) is 5. The van der Waals surface area contributed by atoms with Crippen LogP contribution in [-0.2, 0) is 14.8 Å². The number of rotatable bonds is 6. The van der Waals surface area contributed by atoms with Crippen LogP contribution in [0.1, 0.15) is 10.4 Å². The molecule has 0 heterocycles. The van der Waals surface area contributed by atoms with Crippen molar-refractivity contribution in [1.29, 1.82) is 0 Å². The smallest absolute Gasteiger partial charge is 0.337 e. The lowest BCUT2D eigenvalue weighted by molar-refractivity contribution is 0.0600. The van der Waals surface area contributed by atoms with Crippen molar-refractivity contribution in [3.8, 4) is 11.5 Å². The Morgan fingerprint density at radius 3 is 2.21 bits per heavy atom. The van der Waals surface area contributed by atoms with Crippen LogP contribution >= 0.6 is 11.6 Å². The van der Waals surface area contributed by atoms with Gasteiger partial charge in [-0.2, -0.15) is 0 Å². The van der Waals surface area contributed by atoms with E-state index in [9.17, 15) is 13.2 Å². The molecular formula is C20H16ClNO5S. The van der Waals surface area contributed by atoms with E-state index >= 15 is 0 Å². The molecule has 0 aliphatic rings. The van der Waals surface area contributed by atoms with E-state index in [0.29, 0.717) is 17.2 Å². The third-order valence-corrected chi connectivity index (χ3v) is 5.59. The Labute approximate surface area is 167 Å². The third-order valence-electron chi connectivity index (χ3n) is 3.73. The Morgan fingerprint density at radius 1 is 0.929 bits per heavy atom. The Morgan fingerprint density at radius 2 is 1.57 bits per heavy atom. The highest BCUT2D eigenvalue weighted by molar-refractivity contribution is 7.92. The van der Waals surface area contributed by atoms with Crippen molar-refractivity contribution in [1.82, 2.24) is 0 Å². The van der Waals surface area contributed by atoms with Crippen LogP contribution in [0.25, 0.3) is 0 Å². The number of carbonyl (C=O) groups is 1. The molecule has 3 aromatic carbocycles. The second-order valence-corrected chi connectivity index (χ2v) is 7.74. The van der Waals surface area contributed by atoms with Gasteiger partial charge >= 0.3 is 5.97 Å². The van der Waals surface area contributed by atoms with Gasteiger partial charge in [-0.05, 0) is 54.6 Å². The molecule has 0 saturated carbocycles. The zero-order chi connectivity index (χ0) is 20.1. The van der Waals surface area contributed by atoms with Gasteiger partial charge in [-0.15, -0.1) is 0 Å². The minimum absolute atomic E-state index is 0.0100. The average molecular weight is 418 g/mol. The third kappa shape index (κ3) is 4.62. The van der Waals surface area contributed by atoms with Crippen molar-refractivity contribution in [2.75, 3.05) is 11.8 Å². The molecule has 0 fully saturated rings. The maximum Gasteiger partial charge on any atom is 0.337 e. The number of sulfonamides is 1. The number of nitrogens with one attached hydrogen (secondary N) is 1. The van der Waals surface area contributed by atoms with E-state index in [1.54, 1.807) is 24.3 Å². The maximum atomic E-state index is 12.7. The Balaban J connectivity index is 1.80. The summed E-state index contributed by atoms with van der Waals surface area (Å²) in [6, 6.07) is 19.5. The largest absolute Gasteiger partial charge is 0.465 e. The molecule has 0 bridgehead atoms. The summed E-state index contributed by atoms with van der Waals surface area (Å²) in [6.07, 6.45) is 0. The fraction of sp³-hybridized carbons (Fsp3) is 0.0500. The highest BCUT2D eigenvalue weighted by atomic mass is 35.5. The highest BCUT2D eigenvalue weighted by Gasteiger charge is 2.20. The number of anilines is 1. The van der Waals surface area contributed by atoms with Crippen LogP contribution in [0.15, 0.2) is 77.7 Å². The topological polar surface area (TPSA) is 81.7 Å². The summed E-state index contributed by atoms with van der Waals surface area (Å²) in [7, 11) is -2.80. The van der Waals surface area contributed by atoms with E-state index in [-0.39, 0.29) is 15.5 Å². The molecule has 3 rings (SSSR count). The monoisotopic (exact) mass is 417 g/mol. The first-order valence-corrected chi connectivity index (χ1v) is 9.99. The molecule has 28 heavy (non-hydrogen) atoms. The van der Waals surface area contributed by atoms with Gasteiger partial charge in [-0.1, -0.05) is 29.8 Å². The molecule has 0 radical (unpaired) electrons. The van der Waals surface area contributed by atoms with Crippen LogP contribution in [0.5, 0.6) is 11.5 Å².